The largest absolute Gasteiger partial charge is 0.326 e. The number of aryl methyl sites for hydroxylation is 1. The molecule has 1 aliphatic rings. The lowest BCUT2D eigenvalue weighted by Crippen LogP contribution is -2.40. The Morgan fingerprint density at radius 3 is 2.89 bits per heavy atom. The summed E-state index contributed by atoms with van der Waals surface area (Å²) in [6.07, 6.45) is 1.67. The highest BCUT2D eigenvalue weighted by Gasteiger charge is 2.24. The maximum absolute atomic E-state index is 13.1. The zero-order valence-corrected chi connectivity index (χ0v) is 12.0. The van der Waals surface area contributed by atoms with Gasteiger partial charge in [-0.2, -0.15) is 0 Å². The average Bonchev–Trinajstić information content (AvgIpc) is 2.34. The SMILES string of the molecule is Cc1ccc(F)cc1NC(=O)[C@H]1CCN[C@@H](C)C1.Cl. The molecule has 1 amide bonds. The van der Waals surface area contributed by atoms with Crippen molar-refractivity contribution in [2.24, 2.45) is 5.92 Å². The molecule has 0 radical (unpaired) electrons. The summed E-state index contributed by atoms with van der Waals surface area (Å²) >= 11 is 0. The molecule has 19 heavy (non-hydrogen) atoms. The van der Waals surface area contributed by atoms with Gasteiger partial charge in [-0.3, -0.25) is 4.79 Å². The Balaban J connectivity index is 0.00000180. The van der Waals surface area contributed by atoms with E-state index in [2.05, 4.69) is 17.6 Å². The summed E-state index contributed by atoms with van der Waals surface area (Å²) in [5, 5.41) is 6.15. The lowest BCUT2D eigenvalue weighted by molar-refractivity contribution is -0.120. The average molecular weight is 287 g/mol. The molecule has 0 bridgehead atoms. The van der Waals surface area contributed by atoms with E-state index >= 15 is 0 Å². The number of nitrogens with one attached hydrogen (secondary N) is 2. The van der Waals surface area contributed by atoms with Crippen LogP contribution in [0.3, 0.4) is 0 Å². The molecule has 1 fully saturated rings. The Morgan fingerprint density at radius 2 is 2.21 bits per heavy atom. The fourth-order valence-electron chi connectivity index (χ4n) is 2.33. The molecule has 5 heteroatoms. The van der Waals surface area contributed by atoms with Crippen molar-refractivity contribution in [3.63, 3.8) is 0 Å². The van der Waals surface area contributed by atoms with Gasteiger partial charge < -0.3 is 10.6 Å². The van der Waals surface area contributed by atoms with Crippen LogP contribution >= 0.6 is 12.4 Å². The summed E-state index contributed by atoms with van der Waals surface area (Å²) in [7, 11) is 0. The molecule has 0 aromatic heterocycles. The maximum Gasteiger partial charge on any atom is 0.227 e. The number of benzene rings is 1. The Bertz CT molecular complexity index is 453. The van der Waals surface area contributed by atoms with Gasteiger partial charge in [0.15, 0.2) is 0 Å². The van der Waals surface area contributed by atoms with E-state index in [4.69, 9.17) is 0 Å². The maximum atomic E-state index is 13.1. The lowest BCUT2D eigenvalue weighted by Gasteiger charge is -2.27. The van der Waals surface area contributed by atoms with Crippen molar-refractivity contribution in [3.8, 4) is 0 Å². The van der Waals surface area contributed by atoms with Crippen molar-refractivity contribution in [2.75, 3.05) is 11.9 Å². The van der Waals surface area contributed by atoms with E-state index in [0.29, 0.717) is 11.7 Å². The number of hydrogen-bond acceptors (Lipinski definition) is 2. The van der Waals surface area contributed by atoms with Gasteiger partial charge in [0.1, 0.15) is 5.82 Å². The van der Waals surface area contributed by atoms with Crippen LogP contribution in [0.25, 0.3) is 0 Å². The Kier molecular flexibility index (Phi) is 5.76. The zero-order valence-electron chi connectivity index (χ0n) is 11.2. The standard InChI is InChI=1S/C14H19FN2O.ClH/c1-9-3-4-12(15)8-13(9)17-14(18)11-5-6-16-10(2)7-11;/h3-4,8,10-11,16H,5-7H2,1-2H3,(H,17,18);1H/t10-,11-;/m0./s1. The van der Waals surface area contributed by atoms with Crippen LogP contribution in [0.5, 0.6) is 0 Å². The van der Waals surface area contributed by atoms with Crippen molar-refractivity contribution in [1.29, 1.82) is 0 Å². The molecule has 2 N–H and O–H groups in total. The van der Waals surface area contributed by atoms with Gasteiger partial charge in [0.25, 0.3) is 0 Å². The predicted octanol–water partition coefficient (Wildman–Crippen LogP) is 2.88. The van der Waals surface area contributed by atoms with E-state index < -0.39 is 0 Å². The summed E-state index contributed by atoms with van der Waals surface area (Å²) in [6.45, 7) is 4.80. The first-order valence-electron chi connectivity index (χ1n) is 6.36. The number of halogens is 2. The van der Waals surface area contributed by atoms with Crippen molar-refractivity contribution in [2.45, 2.75) is 32.7 Å². The Morgan fingerprint density at radius 1 is 1.47 bits per heavy atom. The van der Waals surface area contributed by atoms with Gasteiger partial charge in [-0.1, -0.05) is 6.07 Å². The second kappa shape index (κ2) is 6.87. The van der Waals surface area contributed by atoms with E-state index in [9.17, 15) is 9.18 Å². The predicted molar refractivity (Wildman–Crippen MR) is 77.2 cm³/mol. The first kappa shape index (κ1) is 15.9. The topological polar surface area (TPSA) is 41.1 Å². The van der Waals surface area contributed by atoms with Gasteiger partial charge in [0, 0.05) is 17.6 Å². The van der Waals surface area contributed by atoms with Crippen LogP contribution in [0.2, 0.25) is 0 Å². The third-order valence-electron chi connectivity index (χ3n) is 3.45. The number of amides is 1. The first-order valence-corrected chi connectivity index (χ1v) is 6.36. The fraction of sp³-hybridized carbons (Fsp3) is 0.500. The third-order valence-corrected chi connectivity index (χ3v) is 3.45. The van der Waals surface area contributed by atoms with E-state index in [0.717, 1.165) is 24.9 Å². The minimum Gasteiger partial charge on any atom is -0.326 e. The normalized spacial score (nSPS) is 22.5. The molecule has 0 spiro atoms. The van der Waals surface area contributed by atoms with Gasteiger partial charge in [-0.05, 0) is 50.9 Å². The quantitative estimate of drug-likeness (QED) is 0.878. The number of carbonyl (C=O) groups excluding carboxylic acids is 1. The number of piperidine rings is 1. The molecule has 1 aromatic carbocycles. The van der Waals surface area contributed by atoms with Crippen LogP contribution in [0, 0.1) is 18.7 Å². The molecular formula is C14H20ClFN2O. The monoisotopic (exact) mass is 286 g/mol. The van der Waals surface area contributed by atoms with Gasteiger partial charge >= 0.3 is 0 Å². The lowest BCUT2D eigenvalue weighted by atomic mass is 9.92. The summed E-state index contributed by atoms with van der Waals surface area (Å²) in [6, 6.07) is 4.81. The number of carbonyl (C=O) groups is 1. The highest BCUT2D eigenvalue weighted by molar-refractivity contribution is 5.93. The zero-order chi connectivity index (χ0) is 13.1. The van der Waals surface area contributed by atoms with Gasteiger partial charge in [0.05, 0.1) is 0 Å². The molecule has 2 rings (SSSR count). The summed E-state index contributed by atoms with van der Waals surface area (Å²) in [4.78, 5) is 12.1. The Hall–Kier alpha value is -1.13. The van der Waals surface area contributed by atoms with Crippen LogP contribution in [-0.2, 0) is 4.79 Å². The fourth-order valence-corrected chi connectivity index (χ4v) is 2.33. The third kappa shape index (κ3) is 4.18. The molecule has 0 unspecified atom stereocenters. The van der Waals surface area contributed by atoms with Crippen LogP contribution in [0.1, 0.15) is 25.3 Å². The summed E-state index contributed by atoms with van der Waals surface area (Å²) < 4.78 is 13.1. The molecule has 1 aromatic rings. The Labute approximate surface area is 119 Å². The van der Waals surface area contributed by atoms with E-state index in [1.807, 2.05) is 6.92 Å². The molecule has 2 atom stereocenters. The van der Waals surface area contributed by atoms with Crippen LogP contribution < -0.4 is 10.6 Å². The molecule has 1 saturated heterocycles. The second-order valence-corrected chi connectivity index (χ2v) is 5.02. The van der Waals surface area contributed by atoms with Crippen LogP contribution in [-0.4, -0.2) is 18.5 Å². The molecule has 1 aliphatic heterocycles. The summed E-state index contributed by atoms with van der Waals surface area (Å²) in [5.41, 5.74) is 1.46. The van der Waals surface area contributed by atoms with E-state index in [1.165, 1.54) is 12.1 Å². The van der Waals surface area contributed by atoms with Gasteiger partial charge in [-0.15, -0.1) is 12.4 Å². The molecule has 106 valence electrons. The molecule has 1 heterocycles. The smallest absolute Gasteiger partial charge is 0.227 e. The van der Waals surface area contributed by atoms with E-state index in [-0.39, 0.29) is 30.0 Å². The van der Waals surface area contributed by atoms with Crippen LogP contribution in [0.4, 0.5) is 10.1 Å². The van der Waals surface area contributed by atoms with Crippen molar-refractivity contribution in [1.82, 2.24) is 5.32 Å². The van der Waals surface area contributed by atoms with Gasteiger partial charge in [-0.25, -0.2) is 4.39 Å². The van der Waals surface area contributed by atoms with Crippen LogP contribution in [0.15, 0.2) is 18.2 Å². The molecule has 0 aliphatic carbocycles. The molecule has 3 nitrogen and oxygen atoms in total. The van der Waals surface area contributed by atoms with E-state index in [1.54, 1.807) is 6.07 Å². The number of rotatable bonds is 2. The molecular weight excluding hydrogens is 267 g/mol. The van der Waals surface area contributed by atoms with Crippen molar-refractivity contribution in [3.05, 3.63) is 29.6 Å². The van der Waals surface area contributed by atoms with Gasteiger partial charge in [0.2, 0.25) is 5.91 Å². The second-order valence-electron chi connectivity index (χ2n) is 5.02. The van der Waals surface area contributed by atoms with Crippen molar-refractivity contribution < 1.29 is 9.18 Å². The number of hydrogen-bond donors (Lipinski definition) is 2. The first-order chi connectivity index (χ1) is 8.56. The highest BCUT2D eigenvalue weighted by atomic mass is 35.5. The molecule has 0 saturated carbocycles. The minimum atomic E-state index is -0.324. The summed E-state index contributed by atoms with van der Waals surface area (Å²) in [5.74, 6) is -0.310. The highest BCUT2D eigenvalue weighted by Crippen LogP contribution is 2.21. The van der Waals surface area contributed by atoms with Crippen molar-refractivity contribution >= 4 is 24.0 Å². The minimum absolute atomic E-state index is 0. The number of anilines is 1.